The quantitative estimate of drug-likeness (QED) is 0.512. The van der Waals surface area contributed by atoms with Gasteiger partial charge in [0.15, 0.2) is 9.84 Å². The summed E-state index contributed by atoms with van der Waals surface area (Å²) < 4.78 is 28.6. The predicted molar refractivity (Wildman–Crippen MR) is 115 cm³/mol. The Morgan fingerprint density at radius 1 is 0.931 bits per heavy atom. The minimum Gasteiger partial charge on any atom is -0.456 e. The molecule has 1 aromatic heterocycles. The molecule has 29 heavy (non-hydrogen) atoms. The molecular weight excluding hydrogens is 386 g/mol. The van der Waals surface area contributed by atoms with E-state index in [0.717, 1.165) is 22.3 Å². The van der Waals surface area contributed by atoms with Gasteiger partial charge in [0.25, 0.3) is 5.91 Å². The Morgan fingerprint density at radius 3 is 2.28 bits per heavy atom. The first-order chi connectivity index (χ1) is 13.9. The number of hydrogen-bond acceptors (Lipinski definition) is 4. The number of carbonyl (C=O) groups is 1. The van der Waals surface area contributed by atoms with Gasteiger partial charge in [0.2, 0.25) is 0 Å². The van der Waals surface area contributed by atoms with Crippen molar-refractivity contribution in [3.05, 3.63) is 90.0 Å². The van der Waals surface area contributed by atoms with E-state index in [1.165, 1.54) is 6.26 Å². The van der Waals surface area contributed by atoms with Gasteiger partial charge in [0, 0.05) is 28.5 Å². The Bertz CT molecular complexity index is 1240. The van der Waals surface area contributed by atoms with Gasteiger partial charge < -0.3 is 9.73 Å². The molecule has 0 aliphatic carbocycles. The van der Waals surface area contributed by atoms with Crippen LogP contribution in [0.3, 0.4) is 0 Å². The zero-order chi connectivity index (χ0) is 20.4. The maximum atomic E-state index is 12.4. The largest absolute Gasteiger partial charge is 0.456 e. The van der Waals surface area contributed by atoms with Crippen LogP contribution in [-0.2, 0) is 15.6 Å². The van der Waals surface area contributed by atoms with Crippen molar-refractivity contribution >= 4 is 32.4 Å². The first-order valence-electron chi connectivity index (χ1n) is 9.04. The third-order valence-electron chi connectivity index (χ3n) is 4.50. The lowest BCUT2D eigenvalue weighted by Crippen LogP contribution is -2.12. The highest BCUT2D eigenvalue weighted by Gasteiger charge is 2.10. The van der Waals surface area contributed by atoms with E-state index in [2.05, 4.69) is 5.32 Å². The van der Waals surface area contributed by atoms with Gasteiger partial charge in [-0.2, -0.15) is 0 Å². The van der Waals surface area contributed by atoms with Crippen LogP contribution < -0.4 is 5.32 Å². The molecule has 0 bridgehead atoms. The predicted octanol–water partition coefficient (Wildman–Crippen LogP) is 4.90. The van der Waals surface area contributed by atoms with E-state index in [1.54, 1.807) is 24.3 Å². The van der Waals surface area contributed by atoms with Crippen LogP contribution >= 0.6 is 0 Å². The van der Waals surface area contributed by atoms with Crippen LogP contribution in [-0.4, -0.2) is 20.6 Å². The van der Waals surface area contributed by atoms with E-state index in [-0.39, 0.29) is 11.7 Å². The molecule has 4 rings (SSSR count). The van der Waals surface area contributed by atoms with Crippen LogP contribution in [0.5, 0.6) is 0 Å². The molecule has 0 fully saturated rings. The molecule has 3 aromatic carbocycles. The number of fused-ring (bicyclic) bond motifs is 1. The second-order valence-electron chi connectivity index (χ2n) is 6.95. The van der Waals surface area contributed by atoms with Crippen molar-refractivity contribution in [3.63, 3.8) is 0 Å². The number of nitrogens with one attached hydrogen (secondary N) is 1. The molecule has 1 amide bonds. The van der Waals surface area contributed by atoms with Crippen molar-refractivity contribution in [2.45, 2.75) is 5.75 Å². The summed E-state index contributed by atoms with van der Waals surface area (Å²) in [6.45, 7) is 0. The summed E-state index contributed by atoms with van der Waals surface area (Å²) in [5, 5.41) is 3.88. The van der Waals surface area contributed by atoms with Crippen LogP contribution in [0.25, 0.3) is 22.3 Å². The molecule has 0 saturated carbocycles. The average molecular weight is 405 g/mol. The molecule has 1 heterocycles. The molecule has 0 aliphatic rings. The molecule has 0 atom stereocenters. The first-order valence-corrected chi connectivity index (χ1v) is 11.1. The van der Waals surface area contributed by atoms with Crippen molar-refractivity contribution in [1.82, 2.24) is 0 Å². The number of furan rings is 1. The summed E-state index contributed by atoms with van der Waals surface area (Å²) in [5.41, 5.74) is 3.53. The van der Waals surface area contributed by atoms with Crippen LogP contribution in [0.1, 0.15) is 15.9 Å². The number of benzene rings is 3. The fourth-order valence-electron chi connectivity index (χ4n) is 3.10. The van der Waals surface area contributed by atoms with Gasteiger partial charge in [0.05, 0.1) is 5.75 Å². The van der Waals surface area contributed by atoms with Crippen LogP contribution in [0.4, 0.5) is 5.69 Å². The first kappa shape index (κ1) is 19.0. The third kappa shape index (κ3) is 4.55. The Balaban J connectivity index is 1.46. The lowest BCUT2D eigenvalue weighted by Gasteiger charge is -2.07. The molecule has 0 unspecified atom stereocenters. The van der Waals surface area contributed by atoms with Crippen LogP contribution in [0.2, 0.25) is 0 Å². The zero-order valence-corrected chi connectivity index (χ0v) is 16.6. The number of para-hydroxylation sites is 1. The maximum Gasteiger partial charge on any atom is 0.255 e. The summed E-state index contributed by atoms with van der Waals surface area (Å²) in [5.74, 6) is 0.468. The van der Waals surface area contributed by atoms with Crippen molar-refractivity contribution < 1.29 is 17.6 Å². The monoisotopic (exact) mass is 405 g/mol. The van der Waals surface area contributed by atoms with Gasteiger partial charge in [0.1, 0.15) is 11.3 Å². The molecule has 5 nitrogen and oxygen atoms in total. The summed E-state index contributed by atoms with van der Waals surface area (Å²) >= 11 is 0. The average Bonchev–Trinajstić information content (AvgIpc) is 3.12. The topological polar surface area (TPSA) is 76.4 Å². The zero-order valence-electron chi connectivity index (χ0n) is 15.8. The SMILES string of the molecule is CS(=O)(=O)Cc1ccc(C(=O)Nc2ccc(-c3cc4ccccc4o3)cc2)cc1. The summed E-state index contributed by atoms with van der Waals surface area (Å²) in [6.07, 6.45) is 1.18. The second-order valence-corrected chi connectivity index (χ2v) is 9.09. The third-order valence-corrected chi connectivity index (χ3v) is 5.36. The van der Waals surface area contributed by atoms with Crippen molar-refractivity contribution in [1.29, 1.82) is 0 Å². The minimum absolute atomic E-state index is 0.0435. The van der Waals surface area contributed by atoms with Crippen LogP contribution in [0, 0.1) is 0 Å². The molecule has 0 radical (unpaired) electrons. The molecule has 6 heteroatoms. The van der Waals surface area contributed by atoms with Crippen molar-refractivity contribution in [2.24, 2.45) is 0 Å². The number of carbonyl (C=O) groups excluding carboxylic acids is 1. The summed E-state index contributed by atoms with van der Waals surface area (Å²) in [7, 11) is -3.10. The summed E-state index contributed by atoms with van der Waals surface area (Å²) in [4.78, 5) is 12.4. The normalized spacial score (nSPS) is 11.5. The van der Waals surface area contributed by atoms with E-state index in [4.69, 9.17) is 4.42 Å². The van der Waals surface area contributed by atoms with Gasteiger partial charge in [-0.05, 0) is 54.1 Å². The number of hydrogen-bond donors (Lipinski definition) is 1. The lowest BCUT2D eigenvalue weighted by molar-refractivity contribution is 0.102. The molecule has 0 saturated heterocycles. The number of sulfone groups is 1. The van der Waals surface area contributed by atoms with Gasteiger partial charge in [-0.3, -0.25) is 4.79 Å². The van der Waals surface area contributed by atoms with E-state index >= 15 is 0 Å². The highest BCUT2D eigenvalue weighted by Crippen LogP contribution is 2.28. The molecular formula is C23H19NO4S. The summed E-state index contributed by atoms with van der Waals surface area (Å²) in [6, 6.07) is 23.8. The number of amides is 1. The molecule has 1 N–H and O–H groups in total. The van der Waals surface area contributed by atoms with Gasteiger partial charge in [-0.15, -0.1) is 0 Å². The van der Waals surface area contributed by atoms with Gasteiger partial charge in [-0.1, -0.05) is 30.3 Å². The number of anilines is 1. The molecule has 4 aromatic rings. The standard InChI is InChI=1S/C23H19NO4S/c1-29(26,27)15-16-6-8-18(9-7-16)23(25)24-20-12-10-17(11-13-20)22-14-19-4-2-3-5-21(19)28-22/h2-14H,15H2,1H3,(H,24,25). The fraction of sp³-hybridized carbons (Fsp3) is 0.0870. The minimum atomic E-state index is -3.10. The second kappa shape index (κ2) is 7.56. The molecule has 0 spiro atoms. The number of rotatable bonds is 5. The van der Waals surface area contributed by atoms with Crippen molar-refractivity contribution in [3.8, 4) is 11.3 Å². The Kier molecular flexibility index (Phi) is 4.94. The van der Waals surface area contributed by atoms with E-state index < -0.39 is 9.84 Å². The van der Waals surface area contributed by atoms with Gasteiger partial charge >= 0.3 is 0 Å². The highest BCUT2D eigenvalue weighted by atomic mass is 32.2. The Morgan fingerprint density at radius 2 is 1.62 bits per heavy atom. The van der Waals surface area contributed by atoms with Crippen molar-refractivity contribution in [2.75, 3.05) is 11.6 Å². The van der Waals surface area contributed by atoms with Gasteiger partial charge in [-0.25, -0.2) is 8.42 Å². The Labute approximate surface area is 168 Å². The van der Waals surface area contributed by atoms with Crippen LogP contribution in [0.15, 0.2) is 83.3 Å². The van der Waals surface area contributed by atoms with E-state index in [9.17, 15) is 13.2 Å². The highest BCUT2D eigenvalue weighted by molar-refractivity contribution is 7.89. The lowest BCUT2D eigenvalue weighted by atomic mass is 10.1. The van der Waals surface area contributed by atoms with E-state index in [1.807, 2.05) is 54.6 Å². The Hall–Kier alpha value is -3.38. The smallest absolute Gasteiger partial charge is 0.255 e. The maximum absolute atomic E-state index is 12.4. The fourth-order valence-corrected chi connectivity index (χ4v) is 3.90. The molecule has 146 valence electrons. The molecule has 0 aliphatic heterocycles. The van der Waals surface area contributed by atoms with E-state index in [0.29, 0.717) is 16.8 Å².